The summed E-state index contributed by atoms with van der Waals surface area (Å²) in [5, 5.41) is 2.44. The molecule has 0 aromatic heterocycles. The summed E-state index contributed by atoms with van der Waals surface area (Å²) in [6.07, 6.45) is -3.73. The number of aryl methyl sites for hydroxylation is 2. The second-order valence-electron chi connectivity index (χ2n) is 4.65. The maximum atomic E-state index is 13.7. The predicted octanol–water partition coefficient (Wildman–Crippen LogP) is 3.86. The lowest BCUT2D eigenvalue weighted by Crippen LogP contribution is -2.42. The molecule has 0 saturated heterocycles. The van der Waals surface area contributed by atoms with Gasteiger partial charge >= 0.3 is 12.3 Å². The van der Waals surface area contributed by atoms with Gasteiger partial charge in [0, 0.05) is 0 Å². The molecule has 0 heterocycles. The van der Waals surface area contributed by atoms with Gasteiger partial charge in [-0.3, -0.25) is 0 Å². The quantitative estimate of drug-likeness (QED) is 0.804. The Balaban J connectivity index is 3.29. The molecule has 1 atom stereocenters. The SMILES string of the molecule is CCNC(c1cc(C)c(OC)c(C)c1)C(F)(F)C(F)F. The van der Waals surface area contributed by atoms with Crippen molar-refractivity contribution in [2.24, 2.45) is 0 Å². The standard InChI is InChI=1S/C14H19F4NO/c1-5-19-12(14(17,18)13(15)16)10-6-8(2)11(20-4)9(3)7-10/h6-7,12-13,19H,5H2,1-4H3. The van der Waals surface area contributed by atoms with E-state index in [2.05, 4.69) is 5.32 Å². The molecule has 0 bridgehead atoms. The highest BCUT2D eigenvalue weighted by Gasteiger charge is 2.49. The monoisotopic (exact) mass is 293 g/mol. The summed E-state index contributed by atoms with van der Waals surface area (Å²) in [7, 11) is 1.48. The zero-order chi connectivity index (χ0) is 15.5. The van der Waals surface area contributed by atoms with Crippen LogP contribution in [0.3, 0.4) is 0 Å². The highest BCUT2D eigenvalue weighted by Crippen LogP contribution is 2.38. The Hall–Kier alpha value is -1.30. The Morgan fingerprint density at radius 2 is 1.70 bits per heavy atom. The Labute approximate surface area is 116 Å². The van der Waals surface area contributed by atoms with Crippen LogP contribution in [0.2, 0.25) is 0 Å². The number of methoxy groups -OCH3 is 1. The average Bonchev–Trinajstić information content (AvgIpc) is 2.35. The van der Waals surface area contributed by atoms with Crippen LogP contribution in [0.25, 0.3) is 0 Å². The van der Waals surface area contributed by atoms with Gasteiger partial charge in [0.05, 0.1) is 7.11 Å². The summed E-state index contributed by atoms with van der Waals surface area (Å²) in [5.41, 5.74) is 1.40. The smallest absolute Gasteiger partial charge is 0.326 e. The highest BCUT2D eigenvalue weighted by atomic mass is 19.3. The Morgan fingerprint density at radius 3 is 2.05 bits per heavy atom. The van der Waals surface area contributed by atoms with Crippen LogP contribution in [0.4, 0.5) is 17.6 Å². The van der Waals surface area contributed by atoms with Crippen LogP contribution in [0.15, 0.2) is 12.1 Å². The molecule has 0 spiro atoms. The molecule has 1 N–H and O–H groups in total. The highest BCUT2D eigenvalue weighted by molar-refractivity contribution is 5.44. The van der Waals surface area contributed by atoms with Gasteiger partial charge in [0.15, 0.2) is 0 Å². The van der Waals surface area contributed by atoms with Gasteiger partial charge in [-0.05, 0) is 37.1 Å². The lowest BCUT2D eigenvalue weighted by Gasteiger charge is -2.28. The maximum absolute atomic E-state index is 13.7. The summed E-state index contributed by atoms with van der Waals surface area (Å²) in [6, 6.07) is 1.18. The molecule has 2 nitrogen and oxygen atoms in total. The number of nitrogens with one attached hydrogen (secondary N) is 1. The first kappa shape index (κ1) is 16.8. The third kappa shape index (κ3) is 3.23. The molecule has 0 amide bonds. The zero-order valence-corrected chi connectivity index (χ0v) is 11.9. The van der Waals surface area contributed by atoms with Crippen molar-refractivity contribution in [1.82, 2.24) is 5.32 Å². The first-order valence-electron chi connectivity index (χ1n) is 6.30. The van der Waals surface area contributed by atoms with Gasteiger partial charge in [0.25, 0.3) is 0 Å². The van der Waals surface area contributed by atoms with E-state index in [-0.39, 0.29) is 12.1 Å². The molecular formula is C14H19F4NO. The van der Waals surface area contributed by atoms with Crippen molar-refractivity contribution in [2.45, 2.75) is 39.2 Å². The summed E-state index contributed by atoms with van der Waals surface area (Å²) >= 11 is 0. The molecular weight excluding hydrogens is 274 g/mol. The van der Waals surface area contributed by atoms with Crippen molar-refractivity contribution in [2.75, 3.05) is 13.7 Å². The minimum absolute atomic E-state index is 0.132. The van der Waals surface area contributed by atoms with Gasteiger partial charge in [0.1, 0.15) is 11.8 Å². The molecule has 114 valence electrons. The molecule has 1 unspecified atom stereocenters. The van der Waals surface area contributed by atoms with Crippen molar-refractivity contribution >= 4 is 0 Å². The number of hydrogen-bond acceptors (Lipinski definition) is 2. The molecule has 1 rings (SSSR count). The van der Waals surface area contributed by atoms with Crippen molar-refractivity contribution in [1.29, 1.82) is 0 Å². The zero-order valence-electron chi connectivity index (χ0n) is 11.9. The number of benzene rings is 1. The number of halogens is 4. The summed E-state index contributed by atoms with van der Waals surface area (Å²) < 4.78 is 57.7. The maximum Gasteiger partial charge on any atom is 0.326 e. The van der Waals surface area contributed by atoms with E-state index in [0.717, 1.165) is 0 Å². The molecule has 6 heteroatoms. The number of alkyl halides is 4. The van der Waals surface area contributed by atoms with Crippen molar-refractivity contribution in [3.05, 3.63) is 28.8 Å². The normalized spacial score (nSPS) is 13.7. The first-order valence-corrected chi connectivity index (χ1v) is 6.30. The molecule has 0 aliphatic carbocycles. The lowest BCUT2D eigenvalue weighted by molar-refractivity contribution is -0.151. The predicted molar refractivity (Wildman–Crippen MR) is 69.8 cm³/mol. The fraction of sp³-hybridized carbons (Fsp3) is 0.571. The van der Waals surface area contributed by atoms with E-state index >= 15 is 0 Å². The number of hydrogen-bond donors (Lipinski definition) is 1. The Morgan fingerprint density at radius 1 is 1.20 bits per heavy atom. The van der Waals surface area contributed by atoms with Crippen molar-refractivity contribution in [3.8, 4) is 5.75 Å². The number of rotatable bonds is 6. The Kier molecular flexibility index (Phi) is 5.39. The van der Waals surface area contributed by atoms with E-state index in [0.29, 0.717) is 16.9 Å². The third-order valence-corrected chi connectivity index (χ3v) is 3.10. The first-order chi connectivity index (χ1) is 9.25. The van der Waals surface area contributed by atoms with Gasteiger partial charge in [0.2, 0.25) is 0 Å². The molecule has 1 aromatic rings. The average molecular weight is 293 g/mol. The van der Waals surface area contributed by atoms with Gasteiger partial charge in [-0.25, -0.2) is 8.78 Å². The van der Waals surface area contributed by atoms with Crippen LogP contribution in [-0.4, -0.2) is 26.0 Å². The third-order valence-electron chi connectivity index (χ3n) is 3.10. The van der Waals surface area contributed by atoms with Gasteiger partial charge in [-0.2, -0.15) is 8.78 Å². The van der Waals surface area contributed by atoms with Crippen LogP contribution in [0, 0.1) is 13.8 Å². The molecule has 1 aromatic carbocycles. The van der Waals surface area contributed by atoms with Crippen LogP contribution in [0.5, 0.6) is 5.75 Å². The van der Waals surface area contributed by atoms with Crippen LogP contribution in [0.1, 0.15) is 29.7 Å². The molecule has 0 saturated carbocycles. The van der Waals surface area contributed by atoms with Crippen LogP contribution < -0.4 is 10.1 Å². The van der Waals surface area contributed by atoms with Crippen LogP contribution in [-0.2, 0) is 0 Å². The van der Waals surface area contributed by atoms with Crippen LogP contribution >= 0.6 is 0 Å². The van der Waals surface area contributed by atoms with Gasteiger partial charge < -0.3 is 10.1 Å². The molecule has 0 aliphatic heterocycles. The minimum Gasteiger partial charge on any atom is -0.496 e. The molecule has 0 aliphatic rings. The van der Waals surface area contributed by atoms with E-state index in [1.54, 1.807) is 20.8 Å². The van der Waals surface area contributed by atoms with E-state index < -0.39 is 18.4 Å². The van der Waals surface area contributed by atoms with Crippen molar-refractivity contribution < 1.29 is 22.3 Å². The van der Waals surface area contributed by atoms with E-state index in [1.165, 1.54) is 19.2 Å². The number of ether oxygens (including phenoxy) is 1. The largest absolute Gasteiger partial charge is 0.496 e. The fourth-order valence-corrected chi connectivity index (χ4v) is 2.28. The second kappa shape index (κ2) is 6.43. The molecule has 0 radical (unpaired) electrons. The lowest BCUT2D eigenvalue weighted by atomic mass is 9.96. The summed E-state index contributed by atoms with van der Waals surface area (Å²) in [5.74, 6) is -3.56. The van der Waals surface area contributed by atoms with E-state index in [4.69, 9.17) is 4.74 Å². The molecule has 0 fully saturated rings. The summed E-state index contributed by atoms with van der Waals surface area (Å²) in [6.45, 7) is 5.15. The van der Waals surface area contributed by atoms with Crippen molar-refractivity contribution in [3.63, 3.8) is 0 Å². The van der Waals surface area contributed by atoms with Gasteiger partial charge in [-0.15, -0.1) is 0 Å². The topological polar surface area (TPSA) is 21.3 Å². The van der Waals surface area contributed by atoms with Gasteiger partial charge in [-0.1, -0.05) is 19.1 Å². The van der Waals surface area contributed by atoms with E-state index in [9.17, 15) is 17.6 Å². The Bertz CT molecular complexity index is 439. The minimum atomic E-state index is -4.14. The second-order valence-corrected chi connectivity index (χ2v) is 4.65. The molecule has 20 heavy (non-hydrogen) atoms. The van der Waals surface area contributed by atoms with E-state index in [1.807, 2.05) is 0 Å². The fourth-order valence-electron chi connectivity index (χ4n) is 2.28. The summed E-state index contributed by atoms with van der Waals surface area (Å²) in [4.78, 5) is 0.